The van der Waals surface area contributed by atoms with Gasteiger partial charge in [0.1, 0.15) is 5.84 Å². The molecule has 0 saturated carbocycles. The second-order valence-corrected chi connectivity index (χ2v) is 11.1. The maximum Gasteiger partial charge on any atom is 0.323 e. The van der Waals surface area contributed by atoms with Gasteiger partial charge >= 0.3 is 6.03 Å². The van der Waals surface area contributed by atoms with Crippen LogP contribution in [-0.4, -0.2) is 49.5 Å². The van der Waals surface area contributed by atoms with Crippen molar-refractivity contribution in [2.24, 2.45) is 0 Å². The summed E-state index contributed by atoms with van der Waals surface area (Å²) in [5.74, 6) is 0.350. The SMILES string of the molecule is N=C(c1cccc(NC(=O)Nc2ccc(S(=O)(=O)c3ccc(Br)cc3)cc2)c1)N1CCC(O)CC1. The first-order valence-corrected chi connectivity index (χ1v) is 13.3. The molecular formula is C25H25BrN4O4S. The van der Waals surface area contributed by atoms with Gasteiger partial charge in [-0.2, -0.15) is 0 Å². The Morgan fingerprint density at radius 1 is 0.914 bits per heavy atom. The Labute approximate surface area is 212 Å². The number of carbonyl (C=O) groups excluding carboxylic acids is 1. The minimum absolute atomic E-state index is 0.127. The molecule has 8 nitrogen and oxygen atoms in total. The number of carbonyl (C=O) groups is 1. The molecule has 0 spiro atoms. The van der Waals surface area contributed by atoms with Crippen LogP contribution in [0.2, 0.25) is 0 Å². The average molecular weight is 557 g/mol. The highest BCUT2D eigenvalue weighted by atomic mass is 79.9. The second-order valence-electron chi connectivity index (χ2n) is 8.21. The fourth-order valence-corrected chi connectivity index (χ4v) is 5.30. The molecule has 0 radical (unpaired) electrons. The largest absolute Gasteiger partial charge is 0.393 e. The number of benzene rings is 3. The van der Waals surface area contributed by atoms with E-state index in [0.717, 1.165) is 4.47 Å². The van der Waals surface area contributed by atoms with Crippen molar-refractivity contribution in [1.29, 1.82) is 5.41 Å². The molecule has 1 aliphatic heterocycles. The topological polar surface area (TPSA) is 123 Å². The number of rotatable bonds is 5. The maximum absolute atomic E-state index is 12.8. The lowest BCUT2D eigenvalue weighted by Gasteiger charge is -2.31. The Morgan fingerprint density at radius 3 is 2.11 bits per heavy atom. The van der Waals surface area contributed by atoms with E-state index in [1.165, 1.54) is 36.4 Å². The van der Waals surface area contributed by atoms with Crippen molar-refractivity contribution in [3.63, 3.8) is 0 Å². The molecule has 1 heterocycles. The highest BCUT2D eigenvalue weighted by molar-refractivity contribution is 9.10. The molecule has 2 amide bonds. The van der Waals surface area contributed by atoms with Gasteiger partial charge < -0.3 is 20.6 Å². The third-order valence-electron chi connectivity index (χ3n) is 5.72. The average Bonchev–Trinajstić information content (AvgIpc) is 2.85. The first-order valence-electron chi connectivity index (χ1n) is 11.0. The molecule has 4 rings (SSSR count). The van der Waals surface area contributed by atoms with Crippen molar-refractivity contribution < 1.29 is 18.3 Å². The van der Waals surface area contributed by atoms with E-state index in [0.29, 0.717) is 48.7 Å². The van der Waals surface area contributed by atoms with Gasteiger partial charge in [0.25, 0.3) is 0 Å². The molecule has 0 aliphatic carbocycles. The van der Waals surface area contributed by atoms with E-state index in [9.17, 15) is 18.3 Å². The molecule has 35 heavy (non-hydrogen) atoms. The van der Waals surface area contributed by atoms with Gasteiger partial charge in [0, 0.05) is 34.5 Å². The molecule has 0 unspecified atom stereocenters. The molecular weight excluding hydrogens is 532 g/mol. The maximum atomic E-state index is 12.8. The zero-order chi connectivity index (χ0) is 25.0. The number of piperidine rings is 1. The van der Waals surface area contributed by atoms with Crippen LogP contribution in [0.3, 0.4) is 0 Å². The summed E-state index contributed by atoms with van der Waals surface area (Å²) in [6.07, 6.45) is 0.948. The zero-order valence-corrected chi connectivity index (χ0v) is 21.1. The van der Waals surface area contributed by atoms with E-state index in [1.807, 2.05) is 4.90 Å². The van der Waals surface area contributed by atoms with Crippen molar-refractivity contribution in [1.82, 2.24) is 4.90 Å². The molecule has 182 valence electrons. The summed E-state index contributed by atoms with van der Waals surface area (Å²) in [6.45, 7) is 1.23. The first-order chi connectivity index (χ1) is 16.7. The van der Waals surface area contributed by atoms with E-state index in [-0.39, 0.29) is 15.9 Å². The fraction of sp³-hybridized carbons (Fsp3) is 0.200. The highest BCUT2D eigenvalue weighted by Crippen LogP contribution is 2.24. The van der Waals surface area contributed by atoms with Gasteiger partial charge in [-0.25, -0.2) is 13.2 Å². The van der Waals surface area contributed by atoms with Gasteiger partial charge in [0.15, 0.2) is 0 Å². The Bertz CT molecular complexity index is 1320. The van der Waals surface area contributed by atoms with Crippen molar-refractivity contribution in [3.05, 3.63) is 82.8 Å². The fourth-order valence-electron chi connectivity index (χ4n) is 3.78. The van der Waals surface area contributed by atoms with Crippen LogP contribution in [0.5, 0.6) is 0 Å². The number of likely N-dealkylation sites (tertiary alicyclic amines) is 1. The number of urea groups is 1. The minimum Gasteiger partial charge on any atom is -0.393 e. The van der Waals surface area contributed by atoms with Gasteiger partial charge in [0.05, 0.1) is 15.9 Å². The number of amides is 2. The lowest BCUT2D eigenvalue weighted by Crippen LogP contribution is -2.40. The predicted octanol–water partition coefficient (Wildman–Crippen LogP) is 4.71. The van der Waals surface area contributed by atoms with Crippen molar-refractivity contribution in [2.75, 3.05) is 23.7 Å². The van der Waals surface area contributed by atoms with Gasteiger partial charge in [-0.1, -0.05) is 28.1 Å². The van der Waals surface area contributed by atoms with Crippen molar-refractivity contribution >= 4 is 49.0 Å². The monoisotopic (exact) mass is 556 g/mol. The molecule has 1 saturated heterocycles. The number of sulfone groups is 1. The Morgan fingerprint density at radius 2 is 1.49 bits per heavy atom. The molecule has 0 aromatic heterocycles. The van der Waals surface area contributed by atoms with Crippen LogP contribution in [-0.2, 0) is 9.84 Å². The molecule has 3 aromatic carbocycles. The first kappa shape index (κ1) is 24.9. The molecule has 3 aromatic rings. The quantitative estimate of drug-likeness (QED) is 0.268. The van der Waals surface area contributed by atoms with Crippen LogP contribution < -0.4 is 10.6 Å². The van der Waals surface area contributed by atoms with Crippen molar-refractivity contribution in [3.8, 4) is 0 Å². The summed E-state index contributed by atoms with van der Waals surface area (Å²) in [7, 11) is -3.66. The van der Waals surface area contributed by atoms with Crippen LogP contribution in [0, 0.1) is 5.41 Å². The summed E-state index contributed by atoms with van der Waals surface area (Å²) in [5.41, 5.74) is 1.63. The summed E-state index contributed by atoms with van der Waals surface area (Å²) in [4.78, 5) is 14.7. The minimum atomic E-state index is -3.66. The zero-order valence-electron chi connectivity index (χ0n) is 18.7. The number of aliphatic hydroxyl groups excluding tert-OH is 1. The number of hydrogen-bond acceptors (Lipinski definition) is 5. The summed E-state index contributed by atoms with van der Waals surface area (Å²) >= 11 is 3.29. The van der Waals surface area contributed by atoms with E-state index in [1.54, 1.807) is 36.4 Å². The number of halogens is 1. The number of aliphatic hydroxyl groups is 1. The van der Waals surface area contributed by atoms with Crippen LogP contribution in [0.15, 0.2) is 87.1 Å². The number of nitrogens with zero attached hydrogens (tertiary/aromatic N) is 1. The van der Waals surface area contributed by atoms with E-state index >= 15 is 0 Å². The Hall–Kier alpha value is -3.21. The summed E-state index contributed by atoms with van der Waals surface area (Å²) in [6, 6.07) is 18.9. The molecule has 4 N–H and O–H groups in total. The molecule has 10 heteroatoms. The summed E-state index contributed by atoms with van der Waals surface area (Å²) < 4.78 is 26.4. The van der Waals surface area contributed by atoms with Crippen LogP contribution in [0.4, 0.5) is 16.2 Å². The normalized spacial score (nSPS) is 14.4. The van der Waals surface area contributed by atoms with E-state index in [4.69, 9.17) is 5.41 Å². The second kappa shape index (κ2) is 10.6. The number of anilines is 2. The molecule has 1 aliphatic rings. The lowest BCUT2D eigenvalue weighted by atomic mass is 10.1. The smallest absolute Gasteiger partial charge is 0.323 e. The molecule has 0 bridgehead atoms. The van der Waals surface area contributed by atoms with Gasteiger partial charge in [-0.3, -0.25) is 5.41 Å². The van der Waals surface area contributed by atoms with Crippen LogP contribution in [0.25, 0.3) is 0 Å². The van der Waals surface area contributed by atoms with Gasteiger partial charge in [-0.05, 0) is 73.5 Å². The highest BCUT2D eigenvalue weighted by Gasteiger charge is 2.20. The Kier molecular flexibility index (Phi) is 7.54. The number of amidine groups is 1. The summed E-state index contributed by atoms with van der Waals surface area (Å²) in [5, 5.41) is 23.6. The standard InChI is InChI=1S/C25H25BrN4O4S/c26-18-4-8-22(9-5-18)35(33,34)23-10-6-19(7-11-23)28-25(32)29-20-3-1-2-17(16-20)24(27)30-14-12-21(31)13-15-30/h1-11,16,21,27,31H,12-15H2,(H2,28,29,32). The van der Waals surface area contributed by atoms with Crippen LogP contribution >= 0.6 is 15.9 Å². The van der Waals surface area contributed by atoms with Crippen molar-refractivity contribution in [2.45, 2.75) is 28.7 Å². The van der Waals surface area contributed by atoms with Gasteiger partial charge in [-0.15, -0.1) is 0 Å². The predicted molar refractivity (Wildman–Crippen MR) is 139 cm³/mol. The van der Waals surface area contributed by atoms with E-state index in [2.05, 4.69) is 26.6 Å². The van der Waals surface area contributed by atoms with Gasteiger partial charge in [0.2, 0.25) is 9.84 Å². The molecule has 1 fully saturated rings. The lowest BCUT2D eigenvalue weighted by molar-refractivity contribution is 0.109. The number of hydrogen-bond donors (Lipinski definition) is 4. The third kappa shape index (κ3) is 6.08. The Balaban J connectivity index is 1.39. The van der Waals surface area contributed by atoms with E-state index < -0.39 is 15.9 Å². The number of nitrogens with one attached hydrogen (secondary N) is 3. The third-order valence-corrected chi connectivity index (χ3v) is 8.04. The van der Waals surface area contributed by atoms with Crippen LogP contribution in [0.1, 0.15) is 18.4 Å². The molecule has 0 atom stereocenters.